The van der Waals surface area contributed by atoms with Crippen LogP contribution in [0, 0.1) is 6.92 Å². The molecule has 0 unspecified atom stereocenters. The molecule has 0 atom stereocenters. The quantitative estimate of drug-likeness (QED) is 0.772. The first kappa shape index (κ1) is 16.0. The van der Waals surface area contributed by atoms with E-state index in [4.69, 9.17) is 4.74 Å². The lowest BCUT2D eigenvalue weighted by Gasteiger charge is -2.09. The zero-order valence-corrected chi connectivity index (χ0v) is 12.9. The van der Waals surface area contributed by atoms with E-state index < -0.39 is 0 Å². The van der Waals surface area contributed by atoms with E-state index in [0.29, 0.717) is 24.5 Å². The Labute approximate surface area is 130 Å². The maximum Gasteiger partial charge on any atom is 0.251 e. The van der Waals surface area contributed by atoms with Crippen molar-refractivity contribution in [3.05, 3.63) is 53.7 Å². The van der Waals surface area contributed by atoms with Gasteiger partial charge in [-0.15, -0.1) is 0 Å². The van der Waals surface area contributed by atoms with Crippen molar-refractivity contribution in [3.63, 3.8) is 0 Å². The lowest BCUT2D eigenvalue weighted by molar-refractivity contribution is 0.0948. The van der Waals surface area contributed by atoms with Crippen LogP contribution in [-0.4, -0.2) is 31.2 Å². The summed E-state index contributed by atoms with van der Waals surface area (Å²) in [5.74, 6) is 0.543. The van der Waals surface area contributed by atoms with Crippen molar-refractivity contribution in [1.29, 1.82) is 0 Å². The average molecular weight is 299 g/mol. The smallest absolute Gasteiger partial charge is 0.251 e. The normalized spacial score (nSPS) is 10.3. The second-order valence-corrected chi connectivity index (χ2v) is 5.03. The molecule has 1 aromatic heterocycles. The standard InChI is InChI=1S/C17H21N3O2/c1-13-5-3-6-15(11-13)20-16-12-14(7-9-18-16)17(21)19-8-4-10-22-2/h3,5-7,9,11-12H,4,8,10H2,1-2H3,(H,18,20)(H,19,21). The van der Waals surface area contributed by atoms with Crippen molar-refractivity contribution in [2.45, 2.75) is 13.3 Å². The molecule has 1 aromatic carbocycles. The fourth-order valence-electron chi connectivity index (χ4n) is 2.03. The van der Waals surface area contributed by atoms with Crippen LogP contribution in [-0.2, 0) is 4.74 Å². The number of carbonyl (C=O) groups excluding carboxylic acids is 1. The van der Waals surface area contributed by atoms with E-state index in [2.05, 4.69) is 15.6 Å². The number of aromatic nitrogens is 1. The molecule has 0 radical (unpaired) electrons. The van der Waals surface area contributed by atoms with E-state index in [9.17, 15) is 4.79 Å². The number of hydrogen-bond acceptors (Lipinski definition) is 4. The summed E-state index contributed by atoms with van der Waals surface area (Å²) in [5, 5.41) is 6.06. The molecule has 0 saturated heterocycles. The number of rotatable bonds is 7. The molecule has 2 aromatic rings. The van der Waals surface area contributed by atoms with E-state index in [0.717, 1.165) is 17.7 Å². The van der Waals surface area contributed by atoms with E-state index in [1.165, 1.54) is 0 Å². The Hall–Kier alpha value is -2.40. The predicted molar refractivity (Wildman–Crippen MR) is 87.5 cm³/mol. The van der Waals surface area contributed by atoms with Gasteiger partial charge < -0.3 is 15.4 Å². The number of ether oxygens (including phenoxy) is 1. The average Bonchev–Trinajstić information content (AvgIpc) is 2.52. The van der Waals surface area contributed by atoms with Crippen LogP contribution in [0.3, 0.4) is 0 Å². The summed E-state index contributed by atoms with van der Waals surface area (Å²) in [6.45, 7) is 3.26. The van der Waals surface area contributed by atoms with E-state index in [1.54, 1.807) is 25.4 Å². The third-order valence-electron chi connectivity index (χ3n) is 3.12. The van der Waals surface area contributed by atoms with Crippen LogP contribution in [0.1, 0.15) is 22.3 Å². The summed E-state index contributed by atoms with van der Waals surface area (Å²) >= 11 is 0. The highest BCUT2D eigenvalue weighted by Gasteiger charge is 2.06. The minimum absolute atomic E-state index is 0.106. The van der Waals surface area contributed by atoms with Gasteiger partial charge in [-0.2, -0.15) is 0 Å². The molecule has 2 N–H and O–H groups in total. The van der Waals surface area contributed by atoms with E-state index in [1.807, 2.05) is 31.2 Å². The molecule has 0 aliphatic carbocycles. The molecule has 0 saturated carbocycles. The zero-order chi connectivity index (χ0) is 15.8. The largest absolute Gasteiger partial charge is 0.385 e. The predicted octanol–water partition coefficient (Wildman–Crippen LogP) is 2.90. The minimum Gasteiger partial charge on any atom is -0.385 e. The molecule has 116 valence electrons. The first-order chi connectivity index (χ1) is 10.7. The molecule has 0 spiro atoms. The van der Waals surface area contributed by atoms with Gasteiger partial charge in [0, 0.05) is 37.7 Å². The van der Waals surface area contributed by atoms with Gasteiger partial charge in [0.05, 0.1) is 0 Å². The van der Waals surface area contributed by atoms with Crippen molar-refractivity contribution in [1.82, 2.24) is 10.3 Å². The topological polar surface area (TPSA) is 63.2 Å². The molecular weight excluding hydrogens is 278 g/mol. The summed E-state index contributed by atoms with van der Waals surface area (Å²) in [7, 11) is 1.65. The number of nitrogens with zero attached hydrogens (tertiary/aromatic N) is 1. The maximum absolute atomic E-state index is 12.1. The number of benzene rings is 1. The Bertz CT molecular complexity index is 629. The summed E-state index contributed by atoms with van der Waals surface area (Å²) < 4.78 is 4.95. The van der Waals surface area contributed by atoms with Gasteiger partial charge in [-0.05, 0) is 43.2 Å². The molecule has 5 nitrogen and oxygen atoms in total. The molecule has 1 amide bonds. The summed E-state index contributed by atoms with van der Waals surface area (Å²) in [4.78, 5) is 16.3. The van der Waals surface area contributed by atoms with Gasteiger partial charge in [-0.25, -0.2) is 4.98 Å². The Kier molecular flexibility index (Phi) is 5.91. The Morgan fingerprint density at radius 1 is 1.27 bits per heavy atom. The zero-order valence-electron chi connectivity index (χ0n) is 12.9. The highest BCUT2D eigenvalue weighted by molar-refractivity contribution is 5.94. The van der Waals surface area contributed by atoms with Crippen molar-refractivity contribution >= 4 is 17.4 Å². The first-order valence-electron chi connectivity index (χ1n) is 7.26. The minimum atomic E-state index is -0.106. The molecule has 0 aliphatic rings. The number of carbonyl (C=O) groups is 1. The number of methoxy groups -OCH3 is 1. The molecule has 0 aliphatic heterocycles. The molecule has 0 bridgehead atoms. The monoisotopic (exact) mass is 299 g/mol. The number of aryl methyl sites for hydroxylation is 1. The van der Waals surface area contributed by atoms with Crippen LogP contribution < -0.4 is 10.6 Å². The highest BCUT2D eigenvalue weighted by atomic mass is 16.5. The molecule has 22 heavy (non-hydrogen) atoms. The fraction of sp³-hybridized carbons (Fsp3) is 0.294. The number of anilines is 2. The van der Waals surface area contributed by atoms with Gasteiger partial charge in [0.1, 0.15) is 5.82 Å². The number of amides is 1. The van der Waals surface area contributed by atoms with Gasteiger partial charge >= 0.3 is 0 Å². The van der Waals surface area contributed by atoms with Gasteiger partial charge in [-0.3, -0.25) is 4.79 Å². The fourth-order valence-corrected chi connectivity index (χ4v) is 2.03. The van der Waals surface area contributed by atoms with Gasteiger partial charge in [0.15, 0.2) is 0 Å². The Morgan fingerprint density at radius 3 is 2.91 bits per heavy atom. The van der Waals surface area contributed by atoms with Crippen molar-refractivity contribution < 1.29 is 9.53 Å². The lowest BCUT2D eigenvalue weighted by atomic mass is 10.2. The van der Waals surface area contributed by atoms with Crippen molar-refractivity contribution in [2.24, 2.45) is 0 Å². The third kappa shape index (κ3) is 4.86. The molecule has 0 fully saturated rings. The van der Waals surface area contributed by atoms with Crippen molar-refractivity contribution in [2.75, 3.05) is 25.6 Å². The maximum atomic E-state index is 12.1. The molecule has 5 heteroatoms. The molecule has 1 heterocycles. The summed E-state index contributed by atoms with van der Waals surface area (Å²) in [6, 6.07) is 11.4. The van der Waals surface area contributed by atoms with Crippen LogP contribution >= 0.6 is 0 Å². The Balaban J connectivity index is 1.98. The second-order valence-electron chi connectivity index (χ2n) is 5.03. The van der Waals surface area contributed by atoms with Gasteiger partial charge in [-0.1, -0.05) is 12.1 Å². The van der Waals surface area contributed by atoms with E-state index >= 15 is 0 Å². The van der Waals surface area contributed by atoms with Crippen LogP contribution in [0.4, 0.5) is 11.5 Å². The summed E-state index contributed by atoms with van der Waals surface area (Å²) in [6.07, 6.45) is 2.42. The van der Waals surface area contributed by atoms with Crippen LogP contribution in [0.15, 0.2) is 42.6 Å². The molecule has 2 rings (SSSR count). The number of nitrogens with one attached hydrogen (secondary N) is 2. The number of hydrogen-bond donors (Lipinski definition) is 2. The van der Waals surface area contributed by atoms with E-state index in [-0.39, 0.29) is 5.91 Å². The van der Waals surface area contributed by atoms with Gasteiger partial charge in [0.2, 0.25) is 0 Å². The highest BCUT2D eigenvalue weighted by Crippen LogP contribution is 2.16. The van der Waals surface area contributed by atoms with Crippen LogP contribution in [0.25, 0.3) is 0 Å². The Morgan fingerprint density at radius 2 is 2.14 bits per heavy atom. The first-order valence-corrected chi connectivity index (χ1v) is 7.26. The van der Waals surface area contributed by atoms with Gasteiger partial charge in [0.25, 0.3) is 5.91 Å². The second kappa shape index (κ2) is 8.14. The SMILES string of the molecule is COCCCNC(=O)c1ccnc(Nc2cccc(C)c2)c1. The third-order valence-corrected chi connectivity index (χ3v) is 3.12. The van der Waals surface area contributed by atoms with Crippen LogP contribution in [0.2, 0.25) is 0 Å². The van der Waals surface area contributed by atoms with Crippen molar-refractivity contribution in [3.8, 4) is 0 Å². The molecular formula is C17H21N3O2. The summed E-state index contributed by atoms with van der Waals surface area (Å²) in [5.41, 5.74) is 2.70. The number of pyridine rings is 1. The van der Waals surface area contributed by atoms with Crippen LogP contribution in [0.5, 0.6) is 0 Å². The lowest BCUT2D eigenvalue weighted by Crippen LogP contribution is -2.25.